The molecule has 0 radical (unpaired) electrons. The van der Waals surface area contributed by atoms with Crippen molar-refractivity contribution in [1.29, 1.82) is 0 Å². The van der Waals surface area contributed by atoms with Crippen molar-refractivity contribution >= 4 is 5.95 Å². The van der Waals surface area contributed by atoms with E-state index in [2.05, 4.69) is 14.9 Å². The summed E-state index contributed by atoms with van der Waals surface area (Å²) in [6.45, 7) is 4.42. The van der Waals surface area contributed by atoms with Crippen LogP contribution in [0.1, 0.15) is 12.1 Å². The molecule has 2 heterocycles. The highest BCUT2D eigenvalue weighted by molar-refractivity contribution is 5.29. The van der Waals surface area contributed by atoms with Crippen LogP contribution in [0.3, 0.4) is 0 Å². The minimum absolute atomic E-state index is 0.615. The summed E-state index contributed by atoms with van der Waals surface area (Å²) in [6, 6.07) is 1.90. The zero-order valence-corrected chi connectivity index (χ0v) is 7.73. The van der Waals surface area contributed by atoms with Gasteiger partial charge < -0.3 is 9.64 Å². The number of aromatic nitrogens is 2. The molecule has 1 aromatic rings. The summed E-state index contributed by atoms with van der Waals surface area (Å²) in [6.07, 6.45) is 2.84. The quantitative estimate of drug-likeness (QED) is 0.644. The maximum Gasteiger partial charge on any atom is 0.227 e. The highest BCUT2D eigenvalue weighted by Gasteiger charge is 2.12. The Hall–Kier alpha value is -1.16. The molecule has 1 aliphatic rings. The lowest BCUT2D eigenvalue weighted by Crippen LogP contribution is -2.34. The normalized spacial score (nSPS) is 17.5. The van der Waals surface area contributed by atoms with Gasteiger partial charge in [-0.3, -0.25) is 0 Å². The first-order valence-corrected chi connectivity index (χ1v) is 4.48. The minimum Gasteiger partial charge on any atom is -0.361 e. The molecule has 13 heavy (non-hydrogen) atoms. The van der Waals surface area contributed by atoms with Gasteiger partial charge in [0.15, 0.2) is 0 Å². The van der Waals surface area contributed by atoms with Gasteiger partial charge in [0, 0.05) is 18.4 Å². The Morgan fingerprint density at radius 3 is 3.15 bits per heavy atom. The monoisotopic (exact) mass is 179 g/mol. The van der Waals surface area contributed by atoms with Crippen molar-refractivity contribution in [2.45, 2.75) is 13.3 Å². The van der Waals surface area contributed by atoms with Gasteiger partial charge in [0.25, 0.3) is 0 Å². The van der Waals surface area contributed by atoms with Gasteiger partial charge in [0.05, 0.1) is 6.61 Å². The van der Waals surface area contributed by atoms with Crippen molar-refractivity contribution in [3.63, 3.8) is 0 Å². The molecule has 0 saturated carbocycles. The molecule has 0 aromatic carbocycles. The Morgan fingerprint density at radius 2 is 2.46 bits per heavy atom. The van der Waals surface area contributed by atoms with Gasteiger partial charge in [-0.25, -0.2) is 9.97 Å². The van der Waals surface area contributed by atoms with Crippen molar-refractivity contribution < 1.29 is 4.74 Å². The fraction of sp³-hybridized carbons (Fsp3) is 0.556. The van der Waals surface area contributed by atoms with Crippen LogP contribution in [-0.2, 0) is 4.74 Å². The number of hydrogen-bond donors (Lipinski definition) is 0. The summed E-state index contributed by atoms with van der Waals surface area (Å²) in [5.41, 5.74) is 0.996. The van der Waals surface area contributed by atoms with Crippen molar-refractivity contribution in [3.8, 4) is 0 Å². The largest absolute Gasteiger partial charge is 0.361 e. The average molecular weight is 179 g/mol. The first kappa shape index (κ1) is 8.44. The van der Waals surface area contributed by atoms with Gasteiger partial charge in [0.2, 0.25) is 5.95 Å². The van der Waals surface area contributed by atoms with Crippen LogP contribution in [0.2, 0.25) is 0 Å². The summed E-state index contributed by atoms with van der Waals surface area (Å²) < 4.78 is 5.32. The van der Waals surface area contributed by atoms with E-state index in [4.69, 9.17) is 4.74 Å². The fourth-order valence-electron chi connectivity index (χ4n) is 1.34. The average Bonchev–Trinajstić information content (AvgIpc) is 2.19. The van der Waals surface area contributed by atoms with E-state index in [1.54, 1.807) is 6.20 Å². The zero-order chi connectivity index (χ0) is 9.10. The van der Waals surface area contributed by atoms with E-state index in [0.29, 0.717) is 6.73 Å². The number of ether oxygens (including phenoxy) is 1. The van der Waals surface area contributed by atoms with Crippen molar-refractivity contribution in [3.05, 3.63) is 18.0 Å². The summed E-state index contributed by atoms with van der Waals surface area (Å²) in [5, 5.41) is 0. The number of rotatable bonds is 1. The molecule has 1 aliphatic heterocycles. The molecule has 1 saturated heterocycles. The maximum absolute atomic E-state index is 5.32. The summed E-state index contributed by atoms with van der Waals surface area (Å²) in [5.74, 6) is 0.778. The Balaban J connectivity index is 2.14. The van der Waals surface area contributed by atoms with Gasteiger partial charge in [-0.2, -0.15) is 0 Å². The van der Waals surface area contributed by atoms with Crippen LogP contribution in [0.5, 0.6) is 0 Å². The van der Waals surface area contributed by atoms with Gasteiger partial charge in [0.1, 0.15) is 6.73 Å². The molecule has 0 amide bonds. The van der Waals surface area contributed by atoms with E-state index in [-0.39, 0.29) is 0 Å². The van der Waals surface area contributed by atoms with Crippen molar-refractivity contribution in [1.82, 2.24) is 9.97 Å². The van der Waals surface area contributed by atoms with Crippen LogP contribution < -0.4 is 4.90 Å². The lowest BCUT2D eigenvalue weighted by molar-refractivity contribution is 0.106. The molecular formula is C9H13N3O. The predicted octanol–water partition coefficient (Wildman–Crippen LogP) is 0.969. The van der Waals surface area contributed by atoms with Crippen LogP contribution >= 0.6 is 0 Å². The Kier molecular flexibility index (Phi) is 2.40. The third-order valence-corrected chi connectivity index (χ3v) is 2.03. The SMILES string of the molecule is Cc1ccnc(N2CCCOC2)n1. The molecule has 1 fully saturated rings. The lowest BCUT2D eigenvalue weighted by atomic mass is 10.4. The molecular weight excluding hydrogens is 166 g/mol. The summed E-state index contributed by atoms with van der Waals surface area (Å²) >= 11 is 0. The summed E-state index contributed by atoms with van der Waals surface area (Å²) in [7, 11) is 0. The number of hydrogen-bond acceptors (Lipinski definition) is 4. The molecule has 0 N–H and O–H groups in total. The number of aryl methyl sites for hydroxylation is 1. The summed E-state index contributed by atoms with van der Waals surface area (Å²) in [4.78, 5) is 10.6. The van der Waals surface area contributed by atoms with E-state index in [9.17, 15) is 0 Å². The van der Waals surface area contributed by atoms with Crippen LogP contribution in [0.4, 0.5) is 5.95 Å². The van der Waals surface area contributed by atoms with Crippen LogP contribution in [0, 0.1) is 6.92 Å². The molecule has 0 aliphatic carbocycles. The molecule has 1 aromatic heterocycles. The highest BCUT2D eigenvalue weighted by atomic mass is 16.5. The molecule has 0 atom stereocenters. The molecule has 0 unspecified atom stereocenters. The lowest BCUT2D eigenvalue weighted by Gasteiger charge is -2.26. The fourth-order valence-corrected chi connectivity index (χ4v) is 1.34. The smallest absolute Gasteiger partial charge is 0.227 e. The van der Waals surface area contributed by atoms with Gasteiger partial charge in [-0.1, -0.05) is 0 Å². The van der Waals surface area contributed by atoms with Crippen LogP contribution in [0.15, 0.2) is 12.3 Å². The van der Waals surface area contributed by atoms with E-state index in [1.165, 1.54) is 0 Å². The van der Waals surface area contributed by atoms with Gasteiger partial charge in [-0.15, -0.1) is 0 Å². The van der Waals surface area contributed by atoms with E-state index >= 15 is 0 Å². The molecule has 0 bridgehead atoms. The molecule has 0 spiro atoms. The zero-order valence-electron chi connectivity index (χ0n) is 7.73. The van der Waals surface area contributed by atoms with Crippen molar-refractivity contribution in [2.75, 3.05) is 24.8 Å². The van der Waals surface area contributed by atoms with Crippen LogP contribution in [0.25, 0.3) is 0 Å². The van der Waals surface area contributed by atoms with Gasteiger partial charge in [-0.05, 0) is 19.4 Å². The Morgan fingerprint density at radius 1 is 1.54 bits per heavy atom. The number of nitrogens with zero attached hydrogens (tertiary/aromatic N) is 3. The second-order valence-electron chi connectivity index (χ2n) is 3.15. The number of anilines is 1. The third-order valence-electron chi connectivity index (χ3n) is 2.03. The molecule has 70 valence electrons. The third kappa shape index (κ3) is 1.95. The van der Waals surface area contributed by atoms with E-state index in [0.717, 1.165) is 31.2 Å². The minimum atomic E-state index is 0.615. The Bertz CT molecular complexity index is 284. The predicted molar refractivity (Wildman–Crippen MR) is 49.6 cm³/mol. The van der Waals surface area contributed by atoms with Crippen molar-refractivity contribution in [2.24, 2.45) is 0 Å². The van der Waals surface area contributed by atoms with Crippen LogP contribution in [-0.4, -0.2) is 29.9 Å². The van der Waals surface area contributed by atoms with Gasteiger partial charge >= 0.3 is 0 Å². The second-order valence-corrected chi connectivity index (χ2v) is 3.15. The molecule has 2 rings (SSSR count). The second kappa shape index (κ2) is 3.70. The first-order valence-electron chi connectivity index (χ1n) is 4.48. The highest BCUT2D eigenvalue weighted by Crippen LogP contribution is 2.10. The van der Waals surface area contributed by atoms with E-state index < -0.39 is 0 Å². The Labute approximate surface area is 77.6 Å². The standard InChI is InChI=1S/C9H13N3O/c1-8-3-4-10-9(11-8)12-5-2-6-13-7-12/h3-4H,2,5-7H2,1H3. The van der Waals surface area contributed by atoms with E-state index in [1.807, 2.05) is 13.0 Å². The topological polar surface area (TPSA) is 38.2 Å². The molecule has 4 nitrogen and oxygen atoms in total. The first-order chi connectivity index (χ1) is 6.36. The molecule has 4 heteroatoms. The maximum atomic E-state index is 5.32.